The first-order valence-corrected chi connectivity index (χ1v) is 6.42. The van der Waals surface area contributed by atoms with E-state index in [1.807, 2.05) is 25.1 Å². The molecule has 0 aromatic carbocycles. The number of nitrogens with zero attached hydrogens (tertiary/aromatic N) is 1. The SMILES string of the molecule is CCCc1cc(NC(=O)c2ccc(C)s2)n[nH]1. The molecule has 0 aliphatic carbocycles. The van der Waals surface area contributed by atoms with Gasteiger partial charge in [-0.25, -0.2) is 0 Å². The number of anilines is 1. The molecule has 0 saturated carbocycles. The van der Waals surface area contributed by atoms with Crippen molar-refractivity contribution in [3.8, 4) is 0 Å². The van der Waals surface area contributed by atoms with Crippen LogP contribution in [0.4, 0.5) is 5.82 Å². The molecule has 0 spiro atoms. The van der Waals surface area contributed by atoms with Crippen LogP contribution in [0.5, 0.6) is 0 Å². The van der Waals surface area contributed by atoms with Gasteiger partial charge in [0.2, 0.25) is 0 Å². The lowest BCUT2D eigenvalue weighted by Crippen LogP contribution is -2.10. The van der Waals surface area contributed by atoms with Crippen molar-refractivity contribution >= 4 is 23.1 Å². The van der Waals surface area contributed by atoms with E-state index >= 15 is 0 Å². The van der Waals surface area contributed by atoms with Gasteiger partial charge < -0.3 is 5.32 Å². The minimum atomic E-state index is -0.0994. The normalized spacial score (nSPS) is 10.5. The molecule has 0 aliphatic rings. The Morgan fingerprint density at radius 3 is 3.00 bits per heavy atom. The Balaban J connectivity index is 2.02. The molecule has 5 heteroatoms. The topological polar surface area (TPSA) is 57.8 Å². The second-order valence-electron chi connectivity index (χ2n) is 3.89. The third kappa shape index (κ3) is 2.94. The van der Waals surface area contributed by atoms with Crippen molar-refractivity contribution in [2.75, 3.05) is 5.32 Å². The molecular formula is C12H15N3OS. The average molecular weight is 249 g/mol. The van der Waals surface area contributed by atoms with Gasteiger partial charge in [-0.3, -0.25) is 9.89 Å². The number of aryl methyl sites for hydroxylation is 2. The highest BCUT2D eigenvalue weighted by Crippen LogP contribution is 2.17. The van der Waals surface area contributed by atoms with Crippen molar-refractivity contribution in [3.63, 3.8) is 0 Å². The van der Waals surface area contributed by atoms with E-state index in [4.69, 9.17) is 0 Å². The summed E-state index contributed by atoms with van der Waals surface area (Å²) in [6.07, 6.45) is 2.00. The van der Waals surface area contributed by atoms with Gasteiger partial charge in [0.1, 0.15) is 0 Å². The number of rotatable bonds is 4. The smallest absolute Gasteiger partial charge is 0.266 e. The van der Waals surface area contributed by atoms with E-state index in [2.05, 4.69) is 22.4 Å². The molecule has 0 fully saturated rings. The molecule has 0 aliphatic heterocycles. The summed E-state index contributed by atoms with van der Waals surface area (Å²) in [5, 5.41) is 9.74. The van der Waals surface area contributed by atoms with Crippen LogP contribution in [0.15, 0.2) is 18.2 Å². The molecule has 2 heterocycles. The average Bonchev–Trinajstić information content (AvgIpc) is 2.88. The molecule has 0 unspecified atom stereocenters. The van der Waals surface area contributed by atoms with Crippen molar-refractivity contribution < 1.29 is 4.79 Å². The Labute approximate surface area is 104 Å². The minimum absolute atomic E-state index is 0.0994. The second-order valence-corrected chi connectivity index (χ2v) is 5.18. The summed E-state index contributed by atoms with van der Waals surface area (Å²) >= 11 is 1.48. The van der Waals surface area contributed by atoms with Crippen molar-refractivity contribution in [1.29, 1.82) is 0 Å². The summed E-state index contributed by atoms with van der Waals surface area (Å²) in [5.41, 5.74) is 1.05. The molecular weight excluding hydrogens is 234 g/mol. The Morgan fingerprint density at radius 2 is 2.35 bits per heavy atom. The van der Waals surface area contributed by atoms with Crippen LogP contribution < -0.4 is 5.32 Å². The van der Waals surface area contributed by atoms with Crippen LogP contribution in [0.1, 0.15) is 33.6 Å². The summed E-state index contributed by atoms with van der Waals surface area (Å²) in [4.78, 5) is 13.7. The minimum Gasteiger partial charge on any atom is -0.304 e. The van der Waals surface area contributed by atoms with E-state index in [-0.39, 0.29) is 5.91 Å². The van der Waals surface area contributed by atoms with Crippen molar-refractivity contribution in [2.45, 2.75) is 26.7 Å². The van der Waals surface area contributed by atoms with Crippen LogP contribution in [0.2, 0.25) is 0 Å². The van der Waals surface area contributed by atoms with Crippen LogP contribution in [0.3, 0.4) is 0 Å². The Hall–Kier alpha value is -1.62. The fourth-order valence-corrected chi connectivity index (χ4v) is 2.32. The zero-order chi connectivity index (χ0) is 12.3. The van der Waals surface area contributed by atoms with Gasteiger partial charge in [-0.1, -0.05) is 13.3 Å². The van der Waals surface area contributed by atoms with Gasteiger partial charge in [-0.05, 0) is 25.5 Å². The summed E-state index contributed by atoms with van der Waals surface area (Å²) in [6, 6.07) is 5.64. The van der Waals surface area contributed by atoms with E-state index in [1.54, 1.807) is 0 Å². The zero-order valence-electron chi connectivity index (χ0n) is 9.91. The Bertz CT molecular complexity index is 515. The van der Waals surface area contributed by atoms with E-state index < -0.39 is 0 Å². The first kappa shape index (κ1) is 11.9. The lowest BCUT2D eigenvalue weighted by atomic mass is 10.2. The van der Waals surface area contributed by atoms with Gasteiger partial charge in [0.15, 0.2) is 5.82 Å². The fourth-order valence-electron chi connectivity index (χ4n) is 1.56. The Morgan fingerprint density at radius 1 is 1.53 bits per heavy atom. The van der Waals surface area contributed by atoms with Crippen molar-refractivity contribution in [2.24, 2.45) is 0 Å². The molecule has 17 heavy (non-hydrogen) atoms. The molecule has 2 N–H and O–H groups in total. The van der Waals surface area contributed by atoms with E-state index in [0.29, 0.717) is 10.7 Å². The first-order chi connectivity index (χ1) is 8.19. The summed E-state index contributed by atoms with van der Waals surface area (Å²) in [5.74, 6) is 0.488. The third-order valence-corrected chi connectivity index (χ3v) is 3.36. The second kappa shape index (κ2) is 5.14. The number of H-pyrrole nitrogens is 1. The number of thiophene rings is 1. The third-order valence-electron chi connectivity index (χ3n) is 2.36. The largest absolute Gasteiger partial charge is 0.304 e. The number of aromatic nitrogens is 2. The van der Waals surface area contributed by atoms with E-state index in [0.717, 1.165) is 23.4 Å². The van der Waals surface area contributed by atoms with Crippen molar-refractivity contribution in [3.05, 3.63) is 33.6 Å². The maximum absolute atomic E-state index is 11.8. The number of carbonyl (C=O) groups is 1. The fraction of sp³-hybridized carbons (Fsp3) is 0.333. The van der Waals surface area contributed by atoms with Gasteiger partial charge in [0, 0.05) is 16.6 Å². The van der Waals surface area contributed by atoms with E-state index in [1.165, 1.54) is 11.3 Å². The highest BCUT2D eigenvalue weighted by Gasteiger charge is 2.10. The molecule has 2 aromatic rings. The predicted octanol–water partition coefficient (Wildman–Crippen LogP) is 2.98. The molecule has 0 atom stereocenters. The molecule has 0 radical (unpaired) electrons. The quantitative estimate of drug-likeness (QED) is 0.875. The van der Waals surface area contributed by atoms with Gasteiger partial charge in [0.05, 0.1) is 4.88 Å². The van der Waals surface area contributed by atoms with Crippen molar-refractivity contribution in [1.82, 2.24) is 10.2 Å². The zero-order valence-corrected chi connectivity index (χ0v) is 10.7. The first-order valence-electron chi connectivity index (χ1n) is 5.61. The monoisotopic (exact) mass is 249 g/mol. The highest BCUT2D eigenvalue weighted by atomic mass is 32.1. The maximum atomic E-state index is 11.8. The van der Waals surface area contributed by atoms with Crippen LogP contribution >= 0.6 is 11.3 Å². The summed E-state index contributed by atoms with van der Waals surface area (Å²) in [7, 11) is 0. The van der Waals surface area contributed by atoms with Crippen LogP contribution in [-0.2, 0) is 6.42 Å². The van der Waals surface area contributed by atoms with Gasteiger partial charge in [-0.2, -0.15) is 5.10 Å². The number of carbonyl (C=O) groups excluding carboxylic acids is 1. The van der Waals surface area contributed by atoms with Crippen LogP contribution in [0, 0.1) is 6.92 Å². The Kier molecular flexibility index (Phi) is 3.58. The van der Waals surface area contributed by atoms with Gasteiger partial charge in [-0.15, -0.1) is 11.3 Å². The maximum Gasteiger partial charge on any atom is 0.266 e. The highest BCUT2D eigenvalue weighted by molar-refractivity contribution is 7.14. The summed E-state index contributed by atoms with van der Waals surface area (Å²) < 4.78 is 0. The summed E-state index contributed by atoms with van der Waals surface area (Å²) in [6.45, 7) is 4.09. The predicted molar refractivity (Wildman–Crippen MR) is 69.6 cm³/mol. The molecule has 0 saturated heterocycles. The van der Waals surface area contributed by atoms with E-state index in [9.17, 15) is 4.79 Å². The van der Waals surface area contributed by atoms with Gasteiger partial charge >= 0.3 is 0 Å². The van der Waals surface area contributed by atoms with Crippen LogP contribution in [-0.4, -0.2) is 16.1 Å². The molecule has 90 valence electrons. The lowest BCUT2D eigenvalue weighted by Gasteiger charge is -1.97. The standard InChI is InChI=1S/C12H15N3OS/c1-3-4-9-7-11(15-14-9)13-12(16)10-6-5-8(2)17-10/h5-7H,3-4H2,1-2H3,(H2,13,14,15,16). The lowest BCUT2D eigenvalue weighted by molar-refractivity contribution is 0.103. The van der Waals surface area contributed by atoms with Crippen LogP contribution in [0.25, 0.3) is 0 Å². The molecule has 2 aromatic heterocycles. The van der Waals surface area contributed by atoms with Gasteiger partial charge in [0.25, 0.3) is 5.91 Å². The number of hydrogen-bond acceptors (Lipinski definition) is 3. The molecule has 4 nitrogen and oxygen atoms in total. The molecule has 0 bridgehead atoms. The number of hydrogen-bond donors (Lipinski definition) is 2. The number of aromatic amines is 1. The molecule has 2 rings (SSSR count). The number of amides is 1. The number of nitrogens with one attached hydrogen (secondary N) is 2. The molecule has 1 amide bonds.